The lowest BCUT2D eigenvalue weighted by Gasteiger charge is -2.20. The molecule has 0 spiro atoms. The fraction of sp³-hybridized carbons (Fsp3) is 0.600. The topological polar surface area (TPSA) is 66.6 Å². The van der Waals surface area contributed by atoms with Gasteiger partial charge in [0.2, 0.25) is 0 Å². The summed E-state index contributed by atoms with van der Waals surface area (Å²) in [5.41, 5.74) is 1.34. The first kappa shape index (κ1) is 14.8. The summed E-state index contributed by atoms with van der Waals surface area (Å²) in [4.78, 5) is 13.0. The maximum Gasteiger partial charge on any atom is 0.292 e. The van der Waals surface area contributed by atoms with Gasteiger partial charge in [-0.2, -0.15) is 0 Å². The zero-order chi connectivity index (χ0) is 14.9. The second kappa shape index (κ2) is 5.79. The second-order valence-corrected chi connectivity index (χ2v) is 5.92. The quantitative estimate of drug-likeness (QED) is 0.678. The van der Waals surface area contributed by atoms with Crippen LogP contribution in [0.15, 0.2) is 18.2 Å². The standard InChI is InChI=1S/C15H22N2O3/c1-10(2)13-6-7-16(9-13)14-5-4-12(11(3)18)8-15(14)17(19)20/h4-5,8,10-11,13,18H,6-7,9H2,1-3H3. The van der Waals surface area contributed by atoms with Gasteiger partial charge in [-0.15, -0.1) is 0 Å². The van der Waals surface area contributed by atoms with Crippen molar-refractivity contribution in [1.29, 1.82) is 0 Å². The third kappa shape index (κ3) is 2.93. The molecule has 0 saturated carbocycles. The van der Waals surface area contributed by atoms with Crippen molar-refractivity contribution >= 4 is 11.4 Å². The molecule has 110 valence electrons. The summed E-state index contributed by atoms with van der Waals surface area (Å²) < 4.78 is 0. The highest BCUT2D eigenvalue weighted by Gasteiger charge is 2.29. The third-order valence-electron chi connectivity index (χ3n) is 4.19. The fourth-order valence-corrected chi connectivity index (χ4v) is 2.76. The minimum atomic E-state index is -0.690. The Labute approximate surface area is 119 Å². The van der Waals surface area contributed by atoms with E-state index in [-0.39, 0.29) is 10.6 Å². The summed E-state index contributed by atoms with van der Waals surface area (Å²) in [6, 6.07) is 5.03. The first-order valence-electron chi connectivity index (χ1n) is 7.11. The minimum absolute atomic E-state index is 0.0906. The predicted octanol–water partition coefficient (Wildman–Crippen LogP) is 3.13. The summed E-state index contributed by atoms with van der Waals surface area (Å²) in [5.74, 6) is 1.18. The largest absolute Gasteiger partial charge is 0.389 e. The van der Waals surface area contributed by atoms with E-state index in [1.807, 2.05) is 0 Å². The number of nitro groups is 1. The van der Waals surface area contributed by atoms with E-state index in [1.165, 1.54) is 6.07 Å². The number of aliphatic hydroxyl groups is 1. The number of hydrogen-bond donors (Lipinski definition) is 1. The van der Waals surface area contributed by atoms with E-state index < -0.39 is 6.10 Å². The number of nitrogens with zero attached hydrogens (tertiary/aromatic N) is 2. The van der Waals surface area contributed by atoms with Crippen LogP contribution in [-0.2, 0) is 0 Å². The lowest BCUT2D eigenvalue weighted by molar-refractivity contribution is -0.384. The van der Waals surface area contributed by atoms with Crippen LogP contribution in [0.4, 0.5) is 11.4 Å². The predicted molar refractivity (Wildman–Crippen MR) is 78.9 cm³/mol. The van der Waals surface area contributed by atoms with Crippen molar-refractivity contribution in [3.63, 3.8) is 0 Å². The molecule has 1 aromatic rings. The van der Waals surface area contributed by atoms with Crippen molar-refractivity contribution < 1.29 is 10.0 Å². The Morgan fingerprint density at radius 1 is 1.40 bits per heavy atom. The molecule has 1 fully saturated rings. The van der Waals surface area contributed by atoms with E-state index in [0.29, 0.717) is 23.1 Å². The van der Waals surface area contributed by atoms with Gasteiger partial charge < -0.3 is 10.0 Å². The maximum atomic E-state index is 11.3. The van der Waals surface area contributed by atoms with Gasteiger partial charge in [0.15, 0.2) is 0 Å². The molecule has 2 atom stereocenters. The van der Waals surface area contributed by atoms with Gasteiger partial charge >= 0.3 is 0 Å². The molecule has 1 heterocycles. The van der Waals surface area contributed by atoms with Crippen LogP contribution in [0.2, 0.25) is 0 Å². The number of nitro benzene ring substituents is 1. The molecule has 0 aromatic heterocycles. The number of aliphatic hydroxyl groups excluding tert-OH is 1. The van der Waals surface area contributed by atoms with Gasteiger partial charge in [-0.1, -0.05) is 19.9 Å². The van der Waals surface area contributed by atoms with Crippen molar-refractivity contribution in [2.45, 2.75) is 33.3 Å². The molecule has 0 radical (unpaired) electrons. The van der Waals surface area contributed by atoms with Gasteiger partial charge in [-0.3, -0.25) is 10.1 Å². The second-order valence-electron chi connectivity index (χ2n) is 5.92. The summed E-state index contributed by atoms with van der Waals surface area (Å²) in [5, 5.41) is 20.8. The van der Waals surface area contributed by atoms with E-state index >= 15 is 0 Å². The maximum absolute atomic E-state index is 11.3. The Morgan fingerprint density at radius 3 is 2.60 bits per heavy atom. The molecular weight excluding hydrogens is 256 g/mol. The van der Waals surface area contributed by atoms with Crippen molar-refractivity contribution in [3.8, 4) is 0 Å². The van der Waals surface area contributed by atoms with Crippen LogP contribution in [0, 0.1) is 22.0 Å². The third-order valence-corrected chi connectivity index (χ3v) is 4.19. The van der Waals surface area contributed by atoms with Gasteiger partial charge in [0.25, 0.3) is 5.69 Å². The van der Waals surface area contributed by atoms with Gasteiger partial charge in [0.05, 0.1) is 11.0 Å². The molecule has 5 heteroatoms. The fourth-order valence-electron chi connectivity index (χ4n) is 2.76. The Bertz CT molecular complexity index is 500. The molecule has 1 saturated heterocycles. The van der Waals surface area contributed by atoms with Gasteiger partial charge in [0, 0.05) is 19.2 Å². The van der Waals surface area contributed by atoms with E-state index in [0.717, 1.165) is 19.5 Å². The molecule has 5 nitrogen and oxygen atoms in total. The Hall–Kier alpha value is -1.62. The molecule has 0 bridgehead atoms. The van der Waals surface area contributed by atoms with E-state index in [9.17, 15) is 15.2 Å². The molecule has 1 aromatic carbocycles. The molecule has 2 unspecified atom stereocenters. The summed E-state index contributed by atoms with van der Waals surface area (Å²) in [6.45, 7) is 7.73. The summed E-state index contributed by atoms with van der Waals surface area (Å²) >= 11 is 0. The van der Waals surface area contributed by atoms with Gasteiger partial charge in [-0.25, -0.2) is 0 Å². The van der Waals surface area contributed by atoms with E-state index in [2.05, 4.69) is 18.7 Å². The lowest BCUT2D eigenvalue weighted by atomic mass is 9.95. The van der Waals surface area contributed by atoms with Crippen LogP contribution in [0.3, 0.4) is 0 Å². The molecule has 2 rings (SSSR count). The average molecular weight is 278 g/mol. The molecule has 1 aliphatic rings. The van der Waals surface area contributed by atoms with Crippen molar-refractivity contribution in [2.24, 2.45) is 11.8 Å². The first-order chi connectivity index (χ1) is 9.40. The smallest absolute Gasteiger partial charge is 0.292 e. The number of rotatable bonds is 4. The Kier molecular flexibility index (Phi) is 4.28. The van der Waals surface area contributed by atoms with E-state index in [4.69, 9.17) is 0 Å². The highest BCUT2D eigenvalue weighted by Crippen LogP contribution is 2.35. The van der Waals surface area contributed by atoms with Crippen molar-refractivity contribution in [1.82, 2.24) is 0 Å². The molecule has 20 heavy (non-hydrogen) atoms. The Balaban J connectivity index is 2.30. The van der Waals surface area contributed by atoms with Crippen LogP contribution in [0.25, 0.3) is 0 Å². The van der Waals surface area contributed by atoms with Crippen LogP contribution in [-0.4, -0.2) is 23.1 Å². The first-order valence-corrected chi connectivity index (χ1v) is 7.11. The lowest BCUT2D eigenvalue weighted by Crippen LogP contribution is -2.22. The SMILES string of the molecule is CC(O)c1ccc(N2CCC(C(C)C)C2)c([N+](=O)[O-])c1. The molecule has 0 aliphatic carbocycles. The monoisotopic (exact) mass is 278 g/mol. The average Bonchev–Trinajstić information content (AvgIpc) is 2.87. The van der Waals surface area contributed by atoms with Gasteiger partial charge in [-0.05, 0) is 36.8 Å². The van der Waals surface area contributed by atoms with Crippen LogP contribution < -0.4 is 4.90 Å². The van der Waals surface area contributed by atoms with Crippen LogP contribution >= 0.6 is 0 Å². The van der Waals surface area contributed by atoms with Crippen LogP contribution in [0.5, 0.6) is 0 Å². The zero-order valence-corrected chi connectivity index (χ0v) is 12.2. The molecule has 1 N–H and O–H groups in total. The molecule has 0 amide bonds. The van der Waals surface area contributed by atoms with Crippen molar-refractivity contribution in [2.75, 3.05) is 18.0 Å². The zero-order valence-electron chi connectivity index (χ0n) is 12.2. The highest BCUT2D eigenvalue weighted by molar-refractivity contribution is 5.65. The van der Waals surface area contributed by atoms with E-state index in [1.54, 1.807) is 19.1 Å². The van der Waals surface area contributed by atoms with Crippen molar-refractivity contribution in [3.05, 3.63) is 33.9 Å². The highest BCUT2D eigenvalue weighted by atomic mass is 16.6. The molecule has 1 aliphatic heterocycles. The number of benzene rings is 1. The minimum Gasteiger partial charge on any atom is -0.389 e. The summed E-state index contributed by atoms with van der Waals surface area (Å²) in [7, 11) is 0. The molecular formula is C15H22N2O3. The summed E-state index contributed by atoms with van der Waals surface area (Å²) in [6.07, 6.45) is 0.386. The van der Waals surface area contributed by atoms with Crippen LogP contribution in [0.1, 0.15) is 38.9 Å². The van der Waals surface area contributed by atoms with Gasteiger partial charge in [0.1, 0.15) is 5.69 Å². The number of hydrogen-bond acceptors (Lipinski definition) is 4. The Morgan fingerprint density at radius 2 is 2.10 bits per heavy atom. The normalized spacial score (nSPS) is 20.4. The number of anilines is 1.